The van der Waals surface area contributed by atoms with Gasteiger partial charge in [0.25, 0.3) is 0 Å². The van der Waals surface area contributed by atoms with Gasteiger partial charge in [0, 0.05) is 5.41 Å². The number of carbonyl (C=O) groups is 1. The number of rotatable bonds is 5. The van der Waals surface area contributed by atoms with Gasteiger partial charge in [-0.25, -0.2) is 4.79 Å². The summed E-state index contributed by atoms with van der Waals surface area (Å²) in [5.41, 5.74) is -0.653. The van der Waals surface area contributed by atoms with E-state index in [9.17, 15) is 4.79 Å². The first kappa shape index (κ1) is 21.9. The van der Waals surface area contributed by atoms with Crippen molar-refractivity contribution in [3.05, 3.63) is 60.7 Å². The Balaban J connectivity index is 1.92. The Kier molecular flexibility index (Phi) is 6.73. The molecule has 3 atom stereocenters. The van der Waals surface area contributed by atoms with Crippen LogP contribution in [0.1, 0.15) is 27.7 Å². The number of methoxy groups -OCH3 is 1. The van der Waals surface area contributed by atoms with Crippen LogP contribution in [0.3, 0.4) is 0 Å². The van der Waals surface area contributed by atoms with Crippen molar-refractivity contribution in [3.63, 3.8) is 0 Å². The van der Waals surface area contributed by atoms with Crippen LogP contribution in [0.5, 0.6) is 0 Å². The van der Waals surface area contributed by atoms with Crippen LogP contribution in [-0.2, 0) is 18.6 Å². The predicted molar refractivity (Wildman–Crippen MR) is 118 cm³/mol. The molecule has 0 aromatic heterocycles. The minimum Gasteiger partial charge on any atom is -0.438 e. The van der Waals surface area contributed by atoms with Crippen LogP contribution in [-0.4, -0.2) is 39.0 Å². The van der Waals surface area contributed by atoms with Crippen LogP contribution >= 0.6 is 11.8 Å². The SMILES string of the molecule is COC(=O)O[C@@H]1OC(C)(C(C)(C)C)S[C@H]1O[SiH](c1ccccc1)c1ccccc1. The monoisotopic (exact) mass is 432 g/mol. The second-order valence-corrected chi connectivity index (χ2v) is 11.9. The van der Waals surface area contributed by atoms with Gasteiger partial charge in [0.05, 0.1) is 7.11 Å². The van der Waals surface area contributed by atoms with Crippen molar-refractivity contribution >= 4 is 37.3 Å². The molecule has 7 heteroatoms. The average molecular weight is 433 g/mol. The van der Waals surface area contributed by atoms with Crippen LogP contribution < -0.4 is 10.4 Å². The lowest BCUT2D eigenvalue weighted by Gasteiger charge is -2.36. The first-order valence-electron chi connectivity index (χ1n) is 9.59. The summed E-state index contributed by atoms with van der Waals surface area (Å²) in [7, 11) is -0.755. The molecule has 0 bridgehead atoms. The molecule has 0 amide bonds. The highest BCUT2D eigenvalue weighted by Crippen LogP contribution is 2.52. The van der Waals surface area contributed by atoms with E-state index in [4.69, 9.17) is 18.6 Å². The van der Waals surface area contributed by atoms with Crippen LogP contribution in [0.2, 0.25) is 0 Å². The zero-order valence-corrected chi connectivity index (χ0v) is 19.4. The van der Waals surface area contributed by atoms with Gasteiger partial charge in [-0.15, -0.1) is 0 Å². The summed E-state index contributed by atoms with van der Waals surface area (Å²) in [6.07, 6.45) is -1.63. The highest BCUT2D eigenvalue weighted by Gasteiger charge is 2.53. The van der Waals surface area contributed by atoms with E-state index in [-0.39, 0.29) is 5.41 Å². The van der Waals surface area contributed by atoms with Crippen LogP contribution in [0, 0.1) is 5.41 Å². The van der Waals surface area contributed by atoms with Gasteiger partial charge in [-0.05, 0) is 17.3 Å². The fourth-order valence-corrected chi connectivity index (χ4v) is 6.95. The largest absolute Gasteiger partial charge is 0.510 e. The summed E-state index contributed by atoms with van der Waals surface area (Å²) in [5.74, 6) is 0. The summed E-state index contributed by atoms with van der Waals surface area (Å²) < 4.78 is 23.0. The highest BCUT2D eigenvalue weighted by molar-refractivity contribution is 8.01. The molecular formula is C22H28O5SSi. The van der Waals surface area contributed by atoms with Gasteiger partial charge < -0.3 is 18.6 Å². The van der Waals surface area contributed by atoms with E-state index in [0.29, 0.717) is 0 Å². The van der Waals surface area contributed by atoms with Crippen molar-refractivity contribution in [3.8, 4) is 0 Å². The molecule has 0 aliphatic carbocycles. The van der Waals surface area contributed by atoms with Gasteiger partial charge in [-0.3, -0.25) is 0 Å². The van der Waals surface area contributed by atoms with E-state index < -0.39 is 31.9 Å². The molecule has 0 radical (unpaired) electrons. The molecule has 0 N–H and O–H groups in total. The third kappa shape index (κ3) is 5.03. The van der Waals surface area contributed by atoms with Crippen molar-refractivity contribution in [2.24, 2.45) is 5.41 Å². The number of hydrogen-bond donors (Lipinski definition) is 0. The van der Waals surface area contributed by atoms with Gasteiger partial charge in [0.2, 0.25) is 15.3 Å². The zero-order valence-electron chi connectivity index (χ0n) is 17.5. The summed E-state index contributed by atoms with van der Waals surface area (Å²) in [6.45, 7) is 8.30. The van der Waals surface area contributed by atoms with Gasteiger partial charge >= 0.3 is 6.16 Å². The molecule has 1 fully saturated rings. The molecule has 2 aromatic rings. The fraction of sp³-hybridized carbons (Fsp3) is 0.409. The first-order valence-corrected chi connectivity index (χ1v) is 12.1. The maximum atomic E-state index is 11.8. The Bertz CT molecular complexity index is 771. The summed E-state index contributed by atoms with van der Waals surface area (Å²) in [6, 6.07) is 20.4. The summed E-state index contributed by atoms with van der Waals surface area (Å²) in [4.78, 5) is 11.2. The second kappa shape index (κ2) is 8.91. The molecule has 29 heavy (non-hydrogen) atoms. The molecule has 1 aliphatic rings. The zero-order chi connectivity index (χ0) is 21.1. The van der Waals surface area contributed by atoms with Crippen LogP contribution in [0.15, 0.2) is 60.7 Å². The normalized spacial score (nSPS) is 24.5. The number of benzene rings is 2. The minimum absolute atomic E-state index is 0.190. The van der Waals surface area contributed by atoms with Crippen LogP contribution in [0.25, 0.3) is 0 Å². The Morgan fingerprint density at radius 2 is 1.55 bits per heavy atom. The van der Waals surface area contributed by atoms with Gasteiger partial charge in [0.1, 0.15) is 4.93 Å². The molecule has 1 aliphatic heterocycles. The molecule has 0 spiro atoms. The Hall–Kier alpha value is -1.80. The third-order valence-corrected chi connectivity index (χ3v) is 9.59. The lowest BCUT2D eigenvalue weighted by molar-refractivity contribution is -0.182. The van der Waals surface area contributed by atoms with Crippen LogP contribution in [0.4, 0.5) is 4.79 Å². The van der Waals surface area contributed by atoms with E-state index in [1.165, 1.54) is 7.11 Å². The van der Waals surface area contributed by atoms with Crippen molar-refractivity contribution in [1.29, 1.82) is 0 Å². The molecule has 2 aromatic carbocycles. The molecule has 3 rings (SSSR count). The molecular weight excluding hydrogens is 404 g/mol. The number of hydrogen-bond acceptors (Lipinski definition) is 6. The Morgan fingerprint density at radius 1 is 1.03 bits per heavy atom. The van der Waals surface area contributed by atoms with Crippen molar-refractivity contribution < 1.29 is 23.4 Å². The first-order chi connectivity index (χ1) is 13.7. The highest BCUT2D eigenvalue weighted by atomic mass is 32.2. The Labute approximate surface area is 178 Å². The van der Waals surface area contributed by atoms with Crippen molar-refractivity contribution in [2.75, 3.05) is 7.11 Å². The van der Waals surface area contributed by atoms with E-state index >= 15 is 0 Å². The summed E-state index contributed by atoms with van der Waals surface area (Å²) >= 11 is 1.56. The molecule has 1 heterocycles. The molecule has 156 valence electrons. The lowest BCUT2D eigenvalue weighted by Crippen LogP contribution is -2.48. The summed E-state index contributed by atoms with van der Waals surface area (Å²) in [5, 5.41) is 2.31. The predicted octanol–water partition coefficient (Wildman–Crippen LogP) is 3.50. The second-order valence-electron chi connectivity index (χ2n) is 8.08. The van der Waals surface area contributed by atoms with E-state index in [1.807, 2.05) is 43.3 Å². The van der Waals surface area contributed by atoms with E-state index in [2.05, 4.69) is 45.0 Å². The molecule has 1 unspecified atom stereocenters. The number of ether oxygens (including phenoxy) is 3. The van der Waals surface area contributed by atoms with Crippen molar-refractivity contribution in [2.45, 2.75) is 44.4 Å². The quantitative estimate of drug-likeness (QED) is 0.532. The van der Waals surface area contributed by atoms with Crippen molar-refractivity contribution in [1.82, 2.24) is 0 Å². The fourth-order valence-electron chi connectivity index (χ4n) is 2.99. The van der Waals surface area contributed by atoms with Gasteiger partial charge in [0.15, 0.2) is 5.44 Å². The average Bonchev–Trinajstić information content (AvgIpc) is 3.03. The number of carbonyl (C=O) groups excluding carboxylic acids is 1. The van der Waals surface area contributed by atoms with Gasteiger partial charge in [-0.1, -0.05) is 93.2 Å². The molecule has 5 nitrogen and oxygen atoms in total. The number of thioether (sulfide) groups is 1. The van der Waals surface area contributed by atoms with Gasteiger partial charge in [-0.2, -0.15) is 0 Å². The van der Waals surface area contributed by atoms with E-state index in [1.54, 1.807) is 11.8 Å². The standard InChI is InChI=1S/C22H28O5SSi/c1-21(2,3)22(4)26-18(25-20(23)24-5)19(28-22)27-29(16-12-8-6-9-13-16)17-14-10-7-11-15-17/h6-15,18-19,29H,1-5H3/t18-,19-,22?/m1/s1. The topological polar surface area (TPSA) is 54.0 Å². The minimum atomic E-state index is -2.04. The molecule has 0 saturated carbocycles. The maximum Gasteiger partial charge on any atom is 0.510 e. The maximum absolute atomic E-state index is 11.8. The van der Waals surface area contributed by atoms with E-state index in [0.717, 1.165) is 10.4 Å². The molecule has 1 saturated heterocycles. The Morgan fingerprint density at radius 3 is 2.00 bits per heavy atom. The smallest absolute Gasteiger partial charge is 0.438 e. The third-order valence-electron chi connectivity index (χ3n) is 5.12. The lowest BCUT2D eigenvalue weighted by atomic mass is 9.89.